The number of hydrogen-bond donors (Lipinski definition) is 0. The van der Waals surface area contributed by atoms with Gasteiger partial charge >= 0.3 is 0 Å². The van der Waals surface area contributed by atoms with Crippen molar-refractivity contribution in [3.05, 3.63) is 53.8 Å². The molecular weight excluding hydrogens is 243 g/mol. The molecule has 0 unspecified atom stereocenters. The fourth-order valence-corrected chi connectivity index (χ4v) is 1.65. The van der Waals surface area contributed by atoms with E-state index in [4.69, 9.17) is 10.00 Å². The molecule has 0 amide bonds. The quantitative estimate of drug-likeness (QED) is 0.842. The van der Waals surface area contributed by atoms with Gasteiger partial charge in [-0.1, -0.05) is 12.1 Å². The molecule has 0 heterocycles. The van der Waals surface area contributed by atoms with Crippen LogP contribution in [-0.2, 0) is 0 Å². The predicted octanol–water partition coefficient (Wildman–Crippen LogP) is 3.56. The van der Waals surface area contributed by atoms with E-state index in [-0.39, 0.29) is 11.3 Å². The number of nitriles is 1. The van der Waals surface area contributed by atoms with Crippen LogP contribution in [0.3, 0.4) is 0 Å². The Hall–Kier alpha value is -2.54. The zero-order valence-electron chi connectivity index (χ0n) is 10.7. The lowest BCUT2D eigenvalue weighted by Gasteiger charge is -2.14. The molecule has 0 N–H and O–H groups in total. The monoisotopic (exact) mass is 256 g/mol. The summed E-state index contributed by atoms with van der Waals surface area (Å²) in [5.41, 5.74) is 0.880. The van der Waals surface area contributed by atoms with Gasteiger partial charge in [0.05, 0.1) is 0 Å². The Bertz CT molecular complexity index is 632. The highest BCUT2D eigenvalue weighted by molar-refractivity contribution is 5.52. The summed E-state index contributed by atoms with van der Waals surface area (Å²) in [6.07, 6.45) is 0. The molecular formula is C15H13FN2O. The van der Waals surface area contributed by atoms with E-state index < -0.39 is 5.82 Å². The standard InChI is InChI=1S/C15H13FN2O/c1-18(2)11-5-3-6-12(9-11)19-15-8-4-7-14(16)13(15)10-17/h3-9H,1-2H3. The molecule has 4 heteroatoms. The first-order valence-electron chi connectivity index (χ1n) is 5.75. The van der Waals surface area contributed by atoms with Gasteiger partial charge in [0, 0.05) is 25.8 Å². The van der Waals surface area contributed by atoms with Crippen molar-refractivity contribution in [2.45, 2.75) is 0 Å². The summed E-state index contributed by atoms with van der Waals surface area (Å²) in [6.45, 7) is 0. The van der Waals surface area contributed by atoms with Gasteiger partial charge in [0.15, 0.2) is 0 Å². The first-order chi connectivity index (χ1) is 9.11. The molecule has 0 saturated heterocycles. The second kappa shape index (κ2) is 5.40. The summed E-state index contributed by atoms with van der Waals surface area (Å²) in [6, 6.07) is 13.5. The molecule has 2 aromatic carbocycles. The molecule has 96 valence electrons. The summed E-state index contributed by atoms with van der Waals surface area (Å²) < 4.78 is 19.0. The van der Waals surface area contributed by atoms with E-state index in [0.717, 1.165) is 5.69 Å². The van der Waals surface area contributed by atoms with E-state index in [0.29, 0.717) is 5.75 Å². The molecule has 19 heavy (non-hydrogen) atoms. The number of halogens is 1. The maximum absolute atomic E-state index is 13.4. The van der Waals surface area contributed by atoms with Crippen LogP contribution in [-0.4, -0.2) is 14.1 Å². The molecule has 0 aliphatic heterocycles. The van der Waals surface area contributed by atoms with Crippen LogP contribution in [0.5, 0.6) is 11.5 Å². The van der Waals surface area contributed by atoms with Crippen LogP contribution < -0.4 is 9.64 Å². The lowest BCUT2D eigenvalue weighted by atomic mass is 10.2. The molecule has 0 spiro atoms. The van der Waals surface area contributed by atoms with Gasteiger partial charge in [-0.25, -0.2) is 4.39 Å². The van der Waals surface area contributed by atoms with Crippen molar-refractivity contribution < 1.29 is 9.13 Å². The van der Waals surface area contributed by atoms with Gasteiger partial charge in [0.1, 0.15) is 28.9 Å². The summed E-state index contributed by atoms with van der Waals surface area (Å²) >= 11 is 0. The van der Waals surface area contributed by atoms with Crippen LogP contribution in [0.1, 0.15) is 5.56 Å². The number of nitrogens with zero attached hydrogens (tertiary/aromatic N) is 2. The minimum absolute atomic E-state index is 0.0854. The third-order valence-electron chi connectivity index (χ3n) is 2.65. The largest absolute Gasteiger partial charge is 0.456 e. The van der Waals surface area contributed by atoms with Gasteiger partial charge in [-0.3, -0.25) is 0 Å². The molecule has 3 nitrogen and oxygen atoms in total. The SMILES string of the molecule is CN(C)c1cccc(Oc2cccc(F)c2C#N)c1. The number of benzene rings is 2. The van der Waals surface area contributed by atoms with Crippen LogP contribution in [0.25, 0.3) is 0 Å². The van der Waals surface area contributed by atoms with Crippen molar-refractivity contribution in [3.63, 3.8) is 0 Å². The molecule has 0 aliphatic rings. The van der Waals surface area contributed by atoms with E-state index in [1.54, 1.807) is 12.1 Å². The van der Waals surface area contributed by atoms with Crippen molar-refractivity contribution in [2.75, 3.05) is 19.0 Å². The Kier molecular flexibility index (Phi) is 3.67. The van der Waals surface area contributed by atoms with Crippen LogP contribution in [0.15, 0.2) is 42.5 Å². The molecule has 2 aromatic rings. The molecule has 0 fully saturated rings. The minimum atomic E-state index is -0.580. The van der Waals surface area contributed by atoms with E-state index in [1.165, 1.54) is 12.1 Å². The number of ether oxygens (including phenoxy) is 1. The molecule has 0 bridgehead atoms. The van der Waals surface area contributed by atoms with Crippen molar-refractivity contribution in [2.24, 2.45) is 0 Å². The number of hydrogen-bond acceptors (Lipinski definition) is 3. The molecule has 0 aliphatic carbocycles. The van der Waals surface area contributed by atoms with Crippen molar-refractivity contribution in [1.29, 1.82) is 5.26 Å². The van der Waals surface area contributed by atoms with E-state index >= 15 is 0 Å². The second-order valence-corrected chi connectivity index (χ2v) is 4.22. The third kappa shape index (κ3) is 2.83. The topological polar surface area (TPSA) is 36.3 Å². The molecule has 0 aromatic heterocycles. The van der Waals surface area contributed by atoms with Crippen molar-refractivity contribution in [3.8, 4) is 17.6 Å². The average molecular weight is 256 g/mol. The number of rotatable bonds is 3. The Morgan fingerprint density at radius 3 is 2.58 bits per heavy atom. The van der Waals surface area contributed by atoms with E-state index in [1.807, 2.05) is 43.3 Å². The maximum atomic E-state index is 13.4. The maximum Gasteiger partial charge on any atom is 0.148 e. The molecule has 0 saturated carbocycles. The van der Waals surface area contributed by atoms with Gasteiger partial charge in [-0.15, -0.1) is 0 Å². The molecule has 0 atom stereocenters. The predicted molar refractivity (Wildman–Crippen MR) is 72.0 cm³/mol. The fourth-order valence-electron chi connectivity index (χ4n) is 1.65. The van der Waals surface area contributed by atoms with Crippen LogP contribution in [0, 0.1) is 17.1 Å². The van der Waals surface area contributed by atoms with Crippen molar-refractivity contribution in [1.82, 2.24) is 0 Å². The van der Waals surface area contributed by atoms with Gasteiger partial charge in [0.2, 0.25) is 0 Å². The summed E-state index contributed by atoms with van der Waals surface area (Å²) in [5, 5.41) is 8.94. The first-order valence-corrected chi connectivity index (χ1v) is 5.75. The molecule has 0 radical (unpaired) electrons. The highest BCUT2D eigenvalue weighted by Gasteiger charge is 2.10. The Balaban J connectivity index is 2.34. The normalized spacial score (nSPS) is 9.79. The van der Waals surface area contributed by atoms with Crippen LogP contribution in [0.4, 0.5) is 10.1 Å². The Morgan fingerprint density at radius 1 is 1.16 bits per heavy atom. The van der Waals surface area contributed by atoms with Crippen molar-refractivity contribution >= 4 is 5.69 Å². The fraction of sp³-hybridized carbons (Fsp3) is 0.133. The summed E-state index contributed by atoms with van der Waals surface area (Å²) in [5.74, 6) is 0.204. The van der Waals surface area contributed by atoms with Gasteiger partial charge < -0.3 is 9.64 Å². The highest BCUT2D eigenvalue weighted by Crippen LogP contribution is 2.28. The lowest BCUT2D eigenvalue weighted by Crippen LogP contribution is -2.08. The van der Waals surface area contributed by atoms with Gasteiger partial charge in [-0.05, 0) is 24.3 Å². The smallest absolute Gasteiger partial charge is 0.148 e. The summed E-state index contributed by atoms with van der Waals surface area (Å²) in [7, 11) is 3.84. The average Bonchev–Trinajstić information content (AvgIpc) is 2.39. The number of anilines is 1. The van der Waals surface area contributed by atoms with E-state index in [2.05, 4.69) is 0 Å². The molecule has 2 rings (SSSR count). The zero-order chi connectivity index (χ0) is 13.8. The Morgan fingerprint density at radius 2 is 1.89 bits per heavy atom. The van der Waals surface area contributed by atoms with Crippen LogP contribution >= 0.6 is 0 Å². The Labute approximate surface area is 111 Å². The third-order valence-corrected chi connectivity index (χ3v) is 2.65. The van der Waals surface area contributed by atoms with Crippen LogP contribution in [0.2, 0.25) is 0 Å². The summed E-state index contributed by atoms with van der Waals surface area (Å²) in [4.78, 5) is 1.93. The minimum Gasteiger partial charge on any atom is -0.456 e. The first kappa shape index (κ1) is 12.9. The van der Waals surface area contributed by atoms with Gasteiger partial charge in [-0.2, -0.15) is 5.26 Å². The lowest BCUT2D eigenvalue weighted by molar-refractivity contribution is 0.474. The van der Waals surface area contributed by atoms with E-state index in [9.17, 15) is 4.39 Å². The zero-order valence-corrected chi connectivity index (χ0v) is 10.7. The van der Waals surface area contributed by atoms with Gasteiger partial charge in [0.25, 0.3) is 0 Å². The highest BCUT2D eigenvalue weighted by atomic mass is 19.1. The second-order valence-electron chi connectivity index (χ2n) is 4.22.